The Morgan fingerprint density at radius 3 is 2.50 bits per heavy atom. The normalized spacial score (nSPS) is 12.8. The summed E-state index contributed by atoms with van der Waals surface area (Å²) >= 11 is 0. The largest absolute Gasteiger partial charge is 0.444 e. The molecule has 0 aromatic rings. The standard InChI is InChI=1S/C8H15FNO4P.H3N/c1-8(2,3)14-7(11)10-4-6(9)5-13-15-12;/h6H,4-5H2,1-3H3,(H,10,11);1H3/t6-;/m0./s1. The van der Waals surface area contributed by atoms with Crippen LogP contribution in [0.4, 0.5) is 9.18 Å². The molecule has 0 rings (SSSR count). The van der Waals surface area contributed by atoms with E-state index in [0.29, 0.717) is 0 Å². The van der Waals surface area contributed by atoms with Crippen LogP contribution in [0.15, 0.2) is 0 Å². The molecule has 0 aromatic heterocycles. The van der Waals surface area contributed by atoms with Gasteiger partial charge in [-0.3, -0.25) is 4.52 Å². The van der Waals surface area contributed by atoms with Crippen molar-refractivity contribution in [1.82, 2.24) is 11.5 Å². The number of nitrogens with one attached hydrogen (secondary N) is 1. The molecule has 1 atom stereocenters. The highest BCUT2D eigenvalue weighted by Crippen LogP contribution is 2.06. The summed E-state index contributed by atoms with van der Waals surface area (Å²) in [4.78, 5) is 11.0. The highest BCUT2D eigenvalue weighted by atomic mass is 31.1. The number of hydrogen-bond donors (Lipinski definition) is 2. The third-order valence-corrected chi connectivity index (χ3v) is 1.43. The van der Waals surface area contributed by atoms with Crippen molar-refractivity contribution in [2.24, 2.45) is 0 Å². The van der Waals surface area contributed by atoms with E-state index >= 15 is 0 Å². The van der Waals surface area contributed by atoms with E-state index in [1.165, 1.54) is 0 Å². The van der Waals surface area contributed by atoms with Crippen molar-refractivity contribution in [3.05, 3.63) is 0 Å². The molecule has 0 heterocycles. The molecule has 0 radical (unpaired) electrons. The molecule has 0 unspecified atom stereocenters. The average Bonchev–Trinajstić information content (AvgIpc) is 2.08. The van der Waals surface area contributed by atoms with Gasteiger partial charge in [-0.2, -0.15) is 0 Å². The predicted octanol–water partition coefficient (Wildman–Crippen LogP) is 2.23. The molecule has 0 bridgehead atoms. The summed E-state index contributed by atoms with van der Waals surface area (Å²) in [6.45, 7) is 4.56. The van der Waals surface area contributed by atoms with Crippen molar-refractivity contribution in [3.8, 4) is 0 Å². The summed E-state index contributed by atoms with van der Waals surface area (Å²) in [7, 11) is -0.576. The van der Waals surface area contributed by atoms with Gasteiger partial charge < -0.3 is 16.2 Å². The van der Waals surface area contributed by atoms with Crippen LogP contribution in [0.2, 0.25) is 0 Å². The minimum atomic E-state index is -1.40. The molecule has 0 saturated carbocycles. The van der Waals surface area contributed by atoms with Gasteiger partial charge in [-0.1, -0.05) is 0 Å². The van der Waals surface area contributed by atoms with Gasteiger partial charge in [0.05, 0.1) is 13.2 Å². The van der Waals surface area contributed by atoms with E-state index in [1.54, 1.807) is 20.8 Å². The van der Waals surface area contributed by atoms with Gasteiger partial charge >= 0.3 is 14.8 Å². The second-order valence-corrected chi connectivity index (χ2v) is 4.26. The Labute approximate surface area is 95.7 Å². The molecule has 4 N–H and O–H groups in total. The van der Waals surface area contributed by atoms with Gasteiger partial charge in [0.2, 0.25) is 0 Å². The molecule has 0 aliphatic heterocycles. The van der Waals surface area contributed by atoms with Gasteiger partial charge in [0.1, 0.15) is 11.8 Å². The zero-order valence-electron chi connectivity index (χ0n) is 9.66. The fourth-order valence-electron chi connectivity index (χ4n) is 0.678. The summed E-state index contributed by atoms with van der Waals surface area (Å²) in [6.07, 6.45) is -2.09. The molecule has 0 fully saturated rings. The predicted molar refractivity (Wildman–Crippen MR) is 57.7 cm³/mol. The highest BCUT2D eigenvalue weighted by molar-refractivity contribution is 7.17. The van der Waals surface area contributed by atoms with Gasteiger partial charge in [-0.15, -0.1) is 0 Å². The van der Waals surface area contributed by atoms with Crippen molar-refractivity contribution in [3.63, 3.8) is 0 Å². The number of hydrogen-bond acceptors (Lipinski definition) is 5. The number of ether oxygens (including phenoxy) is 1. The lowest BCUT2D eigenvalue weighted by molar-refractivity contribution is 0.0507. The quantitative estimate of drug-likeness (QED) is 0.735. The third-order valence-electron chi connectivity index (χ3n) is 1.17. The maximum atomic E-state index is 12.8. The van der Waals surface area contributed by atoms with Gasteiger partial charge in [-0.05, 0) is 20.8 Å². The maximum Gasteiger partial charge on any atom is 0.407 e. The Hall–Kier alpha value is -0.780. The zero-order valence-corrected chi connectivity index (χ0v) is 10.6. The van der Waals surface area contributed by atoms with Crippen LogP contribution in [0, 0.1) is 0 Å². The number of halogens is 1. The monoisotopic (exact) mass is 256 g/mol. The van der Waals surface area contributed by atoms with Crippen molar-refractivity contribution in [1.29, 1.82) is 0 Å². The van der Waals surface area contributed by atoms with E-state index in [-0.39, 0.29) is 19.3 Å². The molecule has 16 heavy (non-hydrogen) atoms. The first kappa shape index (κ1) is 17.6. The molecule has 0 spiro atoms. The number of alkyl halides is 1. The van der Waals surface area contributed by atoms with Crippen LogP contribution in [0.25, 0.3) is 0 Å². The fraction of sp³-hybridized carbons (Fsp3) is 0.875. The second-order valence-electron chi connectivity index (χ2n) is 3.85. The molecule has 6 nitrogen and oxygen atoms in total. The first-order valence-corrected chi connectivity index (χ1v) is 5.13. The Morgan fingerprint density at radius 1 is 1.50 bits per heavy atom. The average molecular weight is 256 g/mol. The minimum absolute atomic E-state index is 0. The van der Waals surface area contributed by atoms with Gasteiger partial charge in [0.25, 0.3) is 0 Å². The van der Waals surface area contributed by atoms with Crippen LogP contribution in [0.3, 0.4) is 0 Å². The molecular formula is C8H18FN2O4P. The first-order valence-electron chi connectivity index (χ1n) is 4.40. The molecule has 1 amide bonds. The number of rotatable bonds is 5. The summed E-state index contributed by atoms with van der Waals surface area (Å²) in [6, 6.07) is 0. The molecule has 0 saturated heterocycles. The van der Waals surface area contributed by atoms with E-state index in [4.69, 9.17) is 4.74 Å². The van der Waals surface area contributed by atoms with Crippen LogP contribution in [0.1, 0.15) is 20.8 Å². The molecule has 0 aliphatic carbocycles. The van der Waals surface area contributed by atoms with Crippen molar-refractivity contribution >= 4 is 14.8 Å². The smallest absolute Gasteiger partial charge is 0.407 e. The molecule has 0 aliphatic rings. The zero-order chi connectivity index (χ0) is 11.9. The summed E-state index contributed by atoms with van der Waals surface area (Å²) < 4.78 is 31.8. The molecule has 0 aromatic carbocycles. The second kappa shape index (κ2) is 8.38. The molecule has 96 valence electrons. The lowest BCUT2D eigenvalue weighted by Gasteiger charge is -2.20. The van der Waals surface area contributed by atoms with Crippen LogP contribution in [0.5, 0.6) is 0 Å². The number of carbonyl (C=O) groups is 1. The molecular weight excluding hydrogens is 238 g/mol. The van der Waals surface area contributed by atoms with Gasteiger partial charge in [0, 0.05) is 0 Å². The Morgan fingerprint density at radius 2 is 2.06 bits per heavy atom. The minimum Gasteiger partial charge on any atom is -0.444 e. The number of carbonyl (C=O) groups excluding carboxylic acids is 1. The van der Waals surface area contributed by atoms with E-state index in [2.05, 4.69) is 9.84 Å². The first-order chi connectivity index (χ1) is 6.85. The van der Waals surface area contributed by atoms with Gasteiger partial charge in [0.15, 0.2) is 0 Å². The number of alkyl carbamates (subject to hydrolysis) is 1. The maximum absolute atomic E-state index is 12.8. The topological polar surface area (TPSA) is 99.6 Å². The van der Waals surface area contributed by atoms with E-state index in [9.17, 15) is 13.8 Å². The van der Waals surface area contributed by atoms with Crippen LogP contribution in [-0.4, -0.2) is 31.0 Å². The van der Waals surface area contributed by atoms with Crippen LogP contribution < -0.4 is 11.5 Å². The Kier molecular flexibility index (Phi) is 9.22. The summed E-state index contributed by atoms with van der Waals surface area (Å²) in [5.41, 5.74) is -0.611. The highest BCUT2D eigenvalue weighted by Gasteiger charge is 2.17. The lowest BCUT2D eigenvalue weighted by Crippen LogP contribution is -2.36. The van der Waals surface area contributed by atoms with E-state index in [1.807, 2.05) is 0 Å². The van der Waals surface area contributed by atoms with Crippen molar-refractivity contribution < 1.29 is 23.0 Å². The number of amides is 1. The molecule has 8 heteroatoms. The van der Waals surface area contributed by atoms with E-state index < -0.39 is 26.6 Å². The Bertz CT molecular complexity index is 223. The lowest BCUT2D eigenvalue weighted by atomic mass is 10.2. The van der Waals surface area contributed by atoms with Crippen molar-refractivity contribution in [2.45, 2.75) is 32.5 Å². The Balaban J connectivity index is 0. The van der Waals surface area contributed by atoms with E-state index in [0.717, 1.165) is 0 Å². The SMILES string of the molecule is CC(C)(C)OC(=O)NC[C@H](F)COP=O.N. The summed E-state index contributed by atoms with van der Waals surface area (Å²) in [5.74, 6) is 0. The van der Waals surface area contributed by atoms with Crippen molar-refractivity contribution in [2.75, 3.05) is 13.2 Å². The summed E-state index contributed by atoms with van der Waals surface area (Å²) in [5, 5.41) is 2.23. The fourth-order valence-corrected chi connectivity index (χ4v) is 0.901. The van der Waals surface area contributed by atoms with Crippen LogP contribution in [-0.2, 0) is 13.8 Å². The van der Waals surface area contributed by atoms with Crippen LogP contribution >= 0.6 is 8.69 Å². The third kappa shape index (κ3) is 11.3. The van der Waals surface area contributed by atoms with Gasteiger partial charge in [-0.25, -0.2) is 13.8 Å².